The van der Waals surface area contributed by atoms with Crippen LogP contribution in [-0.2, 0) is 6.54 Å². The highest BCUT2D eigenvalue weighted by molar-refractivity contribution is 9.10. The van der Waals surface area contributed by atoms with E-state index < -0.39 is 0 Å². The number of halogens is 2. The summed E-state index contributed by atoms with van der Waals surface area (Å²) in [5.41, 5.74) is 1.15. The van der Waals surface area contributed by atoms with E-state index >= 15 is 0 Å². The van der Waals surface area contributed by atoms with Crippen molar-refractivity contribution in [2.75, 3.05) is 12.8 Å². The van der Waals surface area contributed by atoms with Crippen molar-refractivity contribution < 1.29 is 0 Å². The maximum absolute atomic E-state index is 6.18. The van der Waals surface area contributed by atoms with Gasteiger partial charge in [-0.3, -0.25) is 0 Å². The highest BCUT2D eigenvalue weighted by Gasteiger charge is 2.24. The van der Waals surface area contributed by atoms with Crippen LogP contribution in [0.25, 0.3) is 0 Å². The Morgan fingerprint density at radius 2 is 2.00 bits per heavy atom. The van der Waals surface area contributed by atoms with Crippen molar-refractivity contribution in [3.63, 3.8) is 0 Å². The first kappa shape index (κ1) is 16.4. The molecule has 1 aromatic rings. The van der Waals surface area contributed by atoms with Crippen LogP contribution in [0.3, 0.4) is 0 Å². The number of nitrogens with one attached hydrogen (secondary N) is 1. The summed E-state index contributed by atoms with van der Waals surface area (Å²) in [6.45, 7) is 6.35. The van der Waals surface area contributed by atoms with Gasteiger partial charge in [-0.25, -0.2) is 0 Å². The van der Waals surface area contributed by atoms with Gasteiger partial charge in [0.2, 0.25) is 0 Å². The molecule has 1 nitrogen and oxygen atoms in total. The molecule has 18 heavy (non-hydrogen) atoms. The first-order valence-electron chi connectivity index (χ1n) is 6.26. The predicted octanol–water partition coefficient (Wildman–Crippen LogP) is 5.11. The quantitative estimate of drug-likeness (QED) is 0.733. The number of rotatable bonds is 7. The van der Waals surface area contributed by atoms with Gasteiger partial charge in [-0.05, 0) is 42.9 Å². The van der Waals surface area contributed by atoms with Crippen LogP contribution in [0.15, 0.2) is 22.7 Å². The Bertz CT molecular complexity index is 372. The highest BCUT2D eigenvalue weighted by atomic mass is 79.9. The minimum atomic E-state index is 0.346. The van der Waals surface area contributed by atoms with E-state index in [0.29, 0.717) is 4.75 Å². The van der Waals surface area contributed by atoms with E-state index in [0.717, 1.165) is 28.1 Å². The molecule has 4 heteroatoms. The molecular weight excluding hydrogens is 330 g/mol. The van der Waals surface area contributed by atoms with Crippen LogP contribution in [0.1, 0.15) is 32.3 Å². The molecule has 0 aliphatic heterocycles. The largest absolute Gasteiger partial charge is 0.311 e. The van der Waals surface area contributed by atoms with Gasteiger partial charge in [0.15, 0.2) is 0 Å². The Balaban J connectivity index is 2.57. The van der Waals surface area contributed by atoms with E-state index in [9.17, 15) is 0 Å². The van der Waals surface area contributed by atoms with Gasteiger partial charge < -0.3 is 5.32 Å². The molecule has 0 atom stereocenters. The lowest BCUT2D eigenvalue weighted by Crippen LogP contribution is -2.36. The van der Waals surface area contributed by atoms with Gasteiger partial charge in [0.1, 0.15) is 0 Å². The molecule has 0 fully saturated rings. The fourth-order valence-corrected chi connectivity index (χ4v) is 3.38. The van der Waals surface area contributed by atoms with E-state index in [2.05, 4.69) is 47.4 Å². The summed E-state index contributed by atoms with van der Waals surface area (Å²) in [7, 11) is 0. The Morgan fingerprint density at radius 1 is 1.33 bits per heavy atom. The van der Waals surface area contributed by atoms with Crippen LogP contribution in [0.2, 0.25) is 5.02 Å². The van der Waals surface area contributed by atoms with Crippen molar-refractivity contribution in [1.82, 2.24) is 5.32 Å². The monoisotopic (exact) mass is 349 g/mol. The zero-order chi connectivity index (χ0) is 13.6. The second kappa shape index (κ2) is 7.78. The molecule has 0 amide bonds. The fraction of sp³-hybridized carbons (Fsp3) is 0.571. The summed E-state index contributed by atoms with van der Waals surface area (Å²) < 4.78 is 1.42. The van der Waals surface area contributed by atoms with Crippen LogP contribution < -0.4 is 5.32 Å². The summed E-state index contributed by atoms with van der Waals surface area (Å²) in [5, 5.41) is 4.36. The molecule has 0 saturated heterocycles. The molecule has 0 spiro atoms. The van der Waals surface area contributed by atoms with E-state index in [1.807, 2.05) is 23.9 Å². The van der Waals surface area contributed by atoms with Gasteiger partial charge in [0.05, 0.1) is 0 Å². The van der Waals surface area contributed by atoms with Gasteiger partial charge >= 0.3 is 0 Å². The molecule has 0 bridgehead atoms. The molecule has 1 aromatic carbocycles. The van der Waals surface area contributed by atoms with Crippen molar-refractivity contribution in [2.24, 2.45) is 0 Å². The van der Waals surface area contributed by atoms with E-state index in [-0.39, 0.29) is 0 Å². The minimum absolute atomic E-state index is 0.346. The van der Waals surface area contributed by atoms with Crippen molar-refractivity contribution in [2.45, 2.75) is 38.0 Å². The van der Waals surface area contributed by atoms with Gasteiger partial charge in [-0.15, -0.1) is 0 Å². The summed E-state index contributed by atoms with van der Waals surface area (Å²) in [4.78, 5) is 0. The van der Waals surface area contributed by atoms with Crippen LogP contribution in [0.4, 0.5) is 0 Å². The Kier molecular flexibility index (Phi) is 7.07. The average Bonchev–Trinajstić information content (AvgIpc) is 2.39. The second-order valence-electron chi connectivity index (χ2n) is 4.43. The topological polar surface area (TPSA) is 12.0 Å². The molecule has 0 saturated carbocycles. The number of hydrogen-bond donors (Lipinski definition) is 1. The first-order chi connectivity index (χ1) is 8.56. The van der Waals surface area contributed by atoms with Gasteiger partial charge in [-0.1, -0.05) is 41.4 Å². The Hall–Kier alpha value is 0.300. The van der Waals surface area contributed by atoms with E-state index in [1.165, 1.54) is 12.8 Å². The fourth-order valence-electron chi connectivity index (χ4n) is 1.96. The van der Waals surface area contributed by atoms with Crippen LogP contribution in [-0.4, -0.2) is 17.5 Å². The van der Waals surface area contributed by atoms with Crippen molar-refractivity contribution in [3.05, 3.63) is 33.3 Å². The molecule has 0 heterocycles. The predicted molar refractivity (Wildman–Crippen MR) is 87.7 cm³/mol. The SMILES string of the molecule is CCC(CC)(CNCc1cc(Br)ccc1Cl)SC. The third-order valence-electron chi connectivity index (χ3n) is 3.49. The molecular formula is C14H21BrClNS. The van der Waals surface area contributed by atoms with Crippen molar-refractivity contribution in [3.8, 4) is 0 Å². The normalized spacial score (nSPS) is 11.8. The summed E-state index contributed by atoms with van der Waals surface area (Å²) in [6, 6.07) is 5.98. The summed E-state index contributed by atoms with van der Waals surface area (Å²) >= 11 is 11.6. The van der Waals surface area contributed by atoms with Crippen molar-refractivity contribution in [1.29, 1.82) is 0 Å². The maximum Gasteiger partial charge on any atom is 0.0451 e. The average molecular weight is 351 g/mol. The third kappa shape index (κ3) is 4.44. The number of hydrogen-bond acceptors (Lipinski definition) is 2. The second-order valence-corrected chi connectivity index (χ2v) is 7.03. The van der Waals surface area contributed by atoms with Crippen molar-refractivity contribution >= 4 is 39.3 Å². The minimum Gasteiger partial charge on any atom is -0.311 e. The van der Waals surface area contributed by atoms with E-state index in [4.69, 9.17) is 11.6 Å². The highest BCUT2D eigenvalue weighted by Crippen LogP contribution is 2.29. The molecule has 102 valence electrons. The molecule has 0 aliphatic rings. The zero-order valence-electron chi connectivity index (χ0n) is 11.2. The lowest BCUT2D eigenvalue weighted by atomic mass is 10.0. The van der Waals surface area contributed by atoms with Crippen LogP contribution in [0, 0.1) is 0 Å². The molecule has 0 aromatic heterocycles. The number of thioether (sulfide) groups is 1. The first-order valence-corrected chi connectivity index (χ1v) is 8.66. The molecule has 0 radical (unpaired) electrons. The number of benzene rings is 1. The maximum atomic E-state index is 6.18. The molecule has 0 unspecified atom stereocenters. The summed E-state index contributed by atoms with van der Waals surface area (Å²) in [6.07, 6.45) is 4.56. The third-order valence-corrected chi connectivity index (χ3v) is 5.94. The van der Waals surface area contributed by atoms with Crippen LogP contribution >= 0.6 is 39.3 Å². The van der Waals surface area contributed by atoms with Gasteiger partial charge in [0, 0.05) is 27.3 Å². The standard InChI is InChI=1S/C14H21BrClNS/c1-4-14(5-2,18-3)10-17-9-11-8-12(15)6-7-13(11)16/h6-8,17H,4-5,9-10H2,1-3H3. The smallest absolute Gasteiger partial charge is 0.0451 e. The lowest BCUT2D eigenvalue weighted by Gasteiger charge is -2.30. The van der Waals surface area contributed by atoms with Gasteiger partial charge in [-0.2, -0.15) is 11.8 Å². The molecule has 1 rings (SSSR count). The Labute approximate surface area is 128 Å². The summed E-state index contributed by atoms with van der Waals surface area (Å²) in [5.74, 6) is 0. The van der Waals surface area contributed by atoms with E-state index in [1.54, 1.807) is 0 Å². The van der Waals surface area contributed by atoms with Crippen LogP contribution in [0.5, 0.6) is 0 Å². The molecule has 1 N–H and O–H groups in total. The van der Waals surface area contributed by atoms with Gasteiger partial charge in [0.25, 0.3) is 0 Å². The Morgan fingerprint density at radius 3 is 2.56 bits per heavy atom. The zero-order valence-corrected chi connectivity index (χ0v) is 14.4. The lowest BCUT2D eigenvalue weighted by molar-refractivity contribution is 0.495. The molecule has 0 aliphatic carbocycles.